The summed E-state index contributed by atoms with van der Waals surface area (Å²) >= 11 is 0. The van der Waals surface area contributed by atoms with E-state index in [0.29, 0.717) is 12.6 Å². The predicted octanol–water partition coefficient (Wildman–Crippen LogP) is 2.04. The average molecular weight is 255 g/mol. The molecule has 0 atom stereocenters. The van der Waals surface area contributed by atoms with Gasteiger partial charge in [0.25, 0.3) is 6.01 Å². The van der Waals surface area contributed by atoms with Crippen molar-refractivity contribution in [3.63, 3.8) is 0 Å². The second kappa shape index (κ2) is 8.11. The third-order valence-electron chi connectivity index (χ3n) is 2.48. The molecule has 1 N–H and O–H groups in total. The number of ether oxygens (including phenoxy) is 1. The largest absolute Gasteiger partial charge is 0.432 e. The fourth-order valence-electron chi connectivity index (χ4n) is 1.47. The van der Waals surface area contributed by atoms with Crippen LogP contribution in [0.1, 0.15) is 32.9 Å². The van der Waals surface area contributed by atoms with Crippen LogP contribution >= 0.6 is 0 Å². The molecule has 0 bridgehead atoms. The van der Waals surface area contributed by atoms with E-state index in [1.807, 2.05) is 25.8 Å². The van der Waals surface area contributed by atoms with Crippen LogP contribution in [-0.4, -0.2) is 37.8 Å². The number of nitrogens with one attached hydrogen (secondary N) is 1. The third-order valence-corrected chi connectivity index (χ3v) is 2.48. The Kier molecular flexibility index (Phi) is 6.75. The minimum absolute atomic E-state index is 0.261. The molecule has 0 aliphatic heterocycles. The Morgan fingerprint density at radius 2 is 2.28 bits per heavy atom. The van der Waals surface area contributed by atoms with Crippen molar-refractivity contribution >= 4 is 6.01 Å². The first-order valence-electron chi connectivity index (χ1n) is 6.61. The van der Waals surface area contributed by atoms with Gasteiger partial charge in [-0.3, -0.25) is 0 Å². The smallest absolute Gasteiger partial charge is 0.297 e. The number of hydrogen-bond donors (Lipinski definition) is 1. The number of aromatic nitrogens is 1. The fourth-order valence-corrected chi connectivity index (χ4v) is 1.47. The number of rotatable bonds is 9. The summed E-state index contributed by atoms with van der Waals surface area (Å²) in [6, 6.07) is 0.649. The van der Waals surface area contributed by atoms with Gasteiger partial charge in [-0.05, 0) is 26.8 Å². The highest BCUT2D eigenvalue weighted by Gasteiger charge is 2.08. The monoisotopic (exact) mass is 255 g/mol. The van der Waals surface area contributed by atoms with E-state index in [1.165, 1.54) is 0 Å². The summed E-state index contributed by atoms with van der Waals surface area (Å²) in [7, 11) is 1.96. The minimum Gasteiger partial charge on any atom is -0.432 e. The Morgan fingerprint density at radius 3 is 2.94 bits per heavy atom. The van der Waals surface area contributed by atoms with Gasteiger partial charge in [-0.2, -0.15) is 4.98 Å². The van der Waals surface area contributed by atoms with Gasteiger partial charge in [-0.1, -0.05) is 6.92 Å². The highest BCUT2D eigenvalue weighted by atomic mass is 16.5. The lowest BCUT2D eigenvalue weighted by Crippen LogP contribution is -2.24. The van der Waals surface area contributed by atoms with Crippen LogP contribution in [-0.2, 0) is 11.3 Å². The summed E-state index contributed by atoms with van der Waals surface area (Å²) < 4.78 is 10.9. The Labute approximate surface area is 110 Å². The Bertz CT molecular complexity index is 326. The molecular weight excluding hydrogens is 230 g/mol. The Morgan fingerprint density at radius 1 is 1.50 bits per heavy atom. The molecule has 1 aromatic heterocycles. The SMILES string of the molecule is CCCNCc1coc(N(C)CCOC(C)C)n1. The molecule has 5 heteroatoms. The topological polar surface area (TPSA) is 50.5 Å². The summed E-state index contributed by atoms with van der Waals surface area (Å²) in [6.45, 7) is 9.42. The summed E-state index contributed by atoms with van der Waals surface area (Å²) in [4.78, 5) is 6.38. The third kappa shape index (κ3) is 5.51. The molecule has 0 amide bonds. The predicted molar refractivity (Wildman–Crippen MR) is 72.9 cm³/mol. The lowest BCUT2D eigenvalue weighted by atomic mass is 10.4. The highest BCUT2D eigenvalue weighted by molar-refractivity contribution is 5.25. The van der Waals surface area contributed by atoms with Gasteiger partial charge in [0.05, 0.1) is 18.4 Å². The van der Waals surface area contributed by atoms with Crippen molar-refractivity contribution in [3.05, 3.63) is 12.0 Å². The molecule has 0 saturated heterocycles. The van der Waals surface area contributed by atoms with E-state index in [4.69, 9.17) is 9.15 Å². The summed E-state index contributed by atoms with van der Waals surface area (Å²) in [5, 5.41) is 3.30. The van der Waals surface area contributed by atoms with Crippen LogP contribution in [0.25, 0.3) is 0 Å². The number of anilines is 1. The fraction of sp³-hybridized carbons (Fsp3) is 0.769. The number of oxazole rings is 1. The molecule has 1 heterocycles. The quantitative estimate of drug-likeness (QED) is 0.684. The Balaban J connectivity index is 2.32. The summed E-state index contributed by atoms with van der Waals surface area (Å²) in [5.74, 6) is 0. The van der Waals surface area contributed by atoms with Crippen LogP contribution in [0.15, 0.2) is 10.7 Å². The van der Waals surface area contributed by atoms with Crippen LogP contribution in [0, 0.1) is 0 Å². The van der Waals surface area contributed by atoms with Crippen molar-refractivity contribution in [2.24, 2.45) is 0 Å². The Hall–Kier alpha value is -1.07. The molecule has 1 aromatic rings. The first kappa shape index (κ1) is 15.0. The standard InChI is InChI=1S/C13H25N3O2/c1-5-6-14-9-12-10-18-13(15-12)16(4)7-8-17-11(2)3/h10-11,14H,5-9H2,1-4H3. The molecule has 1 rings (SSSR count). The van der Waals surface area contributed by atoms with Crippen LogP contribution in [0.5, 0.6) is 0 Å². The van der Waals surface area contributed by atoms with E-state index in [0.717, 1.165) is 31.7 Å². The lowest BCUT2D eigenvalue weighted by molar-refractivity contribution is 0.0841. The van der Waals surface area contributed by atoms with E-state index in [9.17, 15) is 0 Å². The molecule has 0 unspecified atom stereocenters. The average Bonchev–Trinajstić information content (AvgIpc) is 2.77. The van der Waals surface area contributed by atoms with Crippen molar-refractivity contribution in [1.29, 1.82) is 0 Å². The van der Waals surface area contributed by atoms with Gasteiger partial charge in [-0.25, -0.2) is 0 Å². The molecule has 0 spiro atoms. The molecular formula is C13H25N3O2. The molecule has 18 heavy (non-hydrogen) atoms. The van der Waals surface area contributed by atoms with Gasteiger partial charge in [-0.15, -0.1) is 0 Å². The van der Waals surface area contributed by atoms with Crippen LogP contribution in [0.2, 0.25) is 0 Å². The number of nitrogens with zero attached hydrogens (tertiary/aromatic N) is 2. The summed E-state index contributed by atoms with van der Waals surface area (Å²) in [5.41, 5.74) is 0.940. The summed E-state index contributed by atoms with van der Waals surface area (Å²) in [6.07, 6.45) is 3.09. The van der Waals surface area contributed by atoms with Crippen molar-refractivity contribution in [1.82, 2.24) is 10.3 Å². The molecule has 0 radical (unpaired) electrons. The molecule has 5 nitrogen and oxygen atoms in total. The second-order valence-electron chi connectivity index (χ2n) is 4.64. The molecule has 0 aromatic carbocycles. The second-order valence-corrected chi connectivity index (χ2v) is 4.64. The normalized spacial score (nSPS) is 11.2. The van der Waals surface area contributed by atoms with E-state index < -0.39 is 0 Å². The molecule has 0 aliphatic carbocycles. The zero-order valence-electron chi connectivity index (χ0n) is 11.9. The minimum atomic E-state index is 0.261. The van der Waals surface area contributed by atoms with E-state index in [1.54, 1.807) is 6.26 Å². The van der Waals surface area contributed by atoms with Gasteiger partial charge in [0, 0.05) is 20.1 Å². The molecule has 104 valence electrons. The molecule has 0 saturated carbocycles. The highest BCUT2D eigenvalue weighted by Crippen LogP contribution is 2.11. The van der Waals surface area contributed by atoms with Crippen molar-refractivity contribution in [2.45, 2.75) is 39.8 Å². The number of likely N-dealkylation sites (N-methyl/N-ethyl adjacent to an activating group) is 1. The van der Waals surface area contributed by atoms with Crippen LogP contribution < -0.4 is 10.2 Å². The van der Waals surface area contributed by atoms with E-state index in [-0.39, 0.29) is 6.10 Å². The maximum atomic E-state index is 5.50. The molecule has 0 fully saturated rings. The first-order chi connectivity index (χ1) is 8.63. The van der Waals surface area contributed by atoms with E-state index >= 15 is 0 Å². The zero-order valence-corrected chi connectivity index (χ0v) is 11.9. The van der Waals surface area contributed by atoms with E-state index in [2.05, 4.69) is 17.2 Å². The van der Waals surface area contributed by atoms with Gasteiger partial charge in [0.2, 0.25) is 0 Å². The van der Waals surface area contributed by atoms with Gasteiger partial charge in [0.15, 0.2) is 0 Å². The molecule has 0 aliphatic rings. The van der Waals surface area contributed by atoms with Crippen LogP contribution in [0.3, 0.4) is 0 Å². The van der Waals surface area contributed by atoms with Crippen molar-refractivity contribution in [2.75, 3.05) is 31.6 Å². The van der Waals surface area contributed by atoms with Crippen molar-refractivity contribution in [3.8, 4) is 0 Å². The van der Waals surface area contributed by atoms with Gasteiger partial charge < -0.3 is 19.4 Å². The van der Waals surface area contributed by atoms with Crippen LogP contribution in [0.4, 0.5) is 6.01 Å². The number of hydrogen-bond acceptors (Lipinski definition) is 5. The van der Waals surface area contributed by atoms with Gasteiger partial charge >= 0.3 is 0 Å². The maximum absolute atomic E-state index is 5.50. The lowest BCUT2D eigenvalue weighted by Gasteiger charge is -2.15. The first-order valence-corrected chi connectivity index (χ1v) is 6.61. The zero-order chi connectivity index (χ0) is 13.4. The van der Waals surface area contributed by atoms with Crippen molar-refractivity contribution < 1.29 is 9.15 Å². The maximum Gasteiger partial charge on any atom is 0.297 e. The van der Waals surface area contributed by atoms with Gasteiger partial charge in [0.1, 0.15) is 6.26 Å².